The van der Waals surface area contributed by atoms with Crippen LogP contribution in [0.2, 0.25) is 0 Å². The monoisotopic (exact) mass is 445 g/mol. The number of rotatable bonds is 3. The molecule has 31 heavy (non-hydrogen) atoms. The van der Waals surface area contributed by atoms with Crippen LogP contribution in [0.4, 0.5) is 29.3 Å². The van der Waals surface area contributed by atoms with Crippen LogP contribution in [0.15, 0.2) is 60.0 Å². The molecule has 0 radical (unpaired) electrons. The first kappa shape index (κ1) is 20.9. The lowest BCUT2D eigenvalue weighted by atomic mass is 9.99. The first-order chi connectivity index (χ1) is 14.8. The van der Waals surface area contributed by atoms with E-state index >= 15 is 0 Å². The molecule has 9 heteroatoms. The zero-order valence-electron chi connectivity index (χ0n) is 16.2. The molecule has 0 saturated carbocycles. The number of para-hydroxylation sites is 1. The lowest BCUT2D eigenvalue weighted by Gasteiger charge is -2.29. The summed E-state index contributed by atoms with van der Waals surface area (Å²) in [6.45, 7) is 1.01. The van der Waals surface area contributed by atoms with Gasteiger partial charge in [0.1, 0.15) is 0 Å². The second-order valence-corrected chi connectivity index (χ2v) is 8.01. The van der Waals surface area contributed by atoms with E-state index in [2.05, 4.69) is 10.6 Å². The zero-order chi connectivity index (χ0) is 22.0. The number of hydrogen-bond acceptors (Lipinski definition) is 3. The standard InChI is InChI=1S/C22H18F3N3O2S/c23-22(24,25)17-4-1-2-5-18(17)27-21(30)26-16-8-7-14-9-10-28(13-15(14)12-16)20(29)19-6-3-11-31-19/h1-8,11-12H,9-10,13H2,(H2,26,27,30). The van der Waals surface area contributed by atoms with Crippen LogP contribution in [0.3, 0.4) is 0 Å². The quantitative estimate of drug-likeness (QED) is 0.551. The maximum Gasteiger partial charge on any atom is 0.418 e. The highest BCUT2D eigenvalue weighted by molar-refractivity contribution is 7.12. The topological polar surface area (TPSA) is 61.4 Å². The number of amides is 3. The van der Waals surface area contributed by atoms with E-state index in [1.54, 1.807) is 23.1 Å². The Kier molecular flexibility index (Phi) is 5.69. The van der Waals surface area contributed by atoms with Gasteiger partial charge in [0.15, 0.2) is 0 Å². The van der Waals surface area contributed by atoms with Crippen molar-refractivity contribution in [3.8, 4) is 0 Å². The van der Waals surface area contributed by atoms with E-state index in [-0.39, 0.29) is 11.6 Å². The molecular formula is C22H18F3N3O2S. The van der Waals surface area contributed by atoms with Crippen LogP contribution >= 0.6 is 11.3 Å². The third-order valence-corrected chi connectivity index (χ3v) is 5.83. The number of nitrogens with zero attached hydrogens (tertiary/aromatic N) is 1. The summed E-state index contributed by atoms with van der Waals surface area (Å²) in [5.74, 6) is -0.0412. The Hall–Kier alpha value is -3.33. The molecule has 1 aliphatic rings. The number of fused-ring (bicyclic) bond motifs is 1. The second-order valence-electron chi connectivity index (χ2n) is 7.06. The lowest BCUT2D eigenvalue weighted by Crippen LogP contribution is -2.35. The molecule has 4 rings (SSSR count). The fourth-order valence-corrected chi connectivity index (χ4v) is 4.18. The van der Waals surface area contributed by atoms with Crippen molar-refractivity contribution in [1.82, 2.24) is 4.90 Å². The molecule has 0 fully saturated rings. The summed E-state index contributed by atoms with van der Waals surface area (Å²) in [4.78, 5) is 27.3. The number of thiophene rings is 1. The van der Waals surface area contributed by atoms with Crippen LogP contribution in [-0.2, 0) is 19.1 Å². The molecule has 2 aromatic carbocycles. The van der Waals surface area contributed by atoms with E-state index in [4.69, 9.17) is 0 Å². The Morgan fingerprint density at radius 3 is 2.52 bits per heavy atom. The van der Waals surface area contributed by atoms with E-state index in [1.165, 1.54) is 29.5 Å². The van der Waals surface area contributed by atoms with Gasteiger partial charge in [-0.15, -0.1) is 11.3 Å². The molecule has 5 nitrogen and oxygen atoms in total. The van der Waals surface area contributed by atoms with Gasteiger partial charge in [-0.2, -0.15) is 13.2 Å². The molecule has 0 saturated heterocycles. The van der Waals surface area contributed by atoms with E-state index in [0.29, 0.717) is 30.1 Å². The molecule has 3 aromatic rings. The average molecular weight is 445 g/mol. The fourth-order valence-electron chi connectivity index (χ4n) is 3.49. The summed E-state index contributed by atoms with van der Waals surface area (Å²) < 4.78 is 39.3. The molecule has 2 heterocycles. The van der Waals surface area contributed by atoms with Crippen LogP contribution in [0.1, 0.15) is 26.4 Å². The highest BCUT2D eigenvalue weighted by atomic mass is 32.1. The molecule has 160 valence electrons. The van der Waals surface area contributed by atoms with Crippen LogP contribution in [0, 0.1) is 0 Å². The largest absolute Gasteiger partial charge is 0.418 e. The molecule has 0 aliphatic carbocycles. The summed E-state index contributed by atoms with van der Waals surface area (Å²) in [5.41, 5.74) is 1.16. The Labute approximate surface area is 180 Å². The SMILES string of the molecule is O=C(Nc1ccc2c(c1)CN(C(=O)c1cccs1)CC2)Nc1ccccc1C(F)(F)F. The van der Waals surface area contributed by atoms with Gasteiger partial charge >= 0.3 is 12.2 Å². The van der Waals surface area contributed by atoms with Crippen molar-refractivity contribution >= 4 is 34.6 Å². The number of carbonyl (C=O) groups is 2. The van der Waals surface area contributed by atoms with Crippen LogP contribution in [0.5, 0.6) is 0 Å². The van der Waals surface area contributed by atoms with Crippen molar-refractivity contribution in [3.63, 3.8) is 0 Å². The number of halogens is 3. The second kappa shape index (κ2) is 8.43. The number of hydrogen-bond donors (Lipinski definition) is 2. The van der Waals surface area contributed by atoms with Gasteiger partial charge in [-0.05, 0) is 53.3 Å². The summed E-state index contributed by atoms with van der Waals surface area (Å²) >= 11 is 1.38. The van der Waals surface area contributed by atoms with Crippen LogP contribution in [0.25, 0.3) is 0 Å². The first-order valence-corrected chi connectivity index (χ1v) is 10.4. The normalized spacial score (nSPS) is 13.5. The maximum absolute atomic E-state index is 13.1. The van der Waals surface area contributed by atoms with E-state index in [1.807, 2.05) is 17.5 Å². The van der Waals surface area contributed by atoms with Crippen molar-refractivity contribution in [2.75, 3.05) is 17.2 Å². The highest BCUT2D eigenvalue weighted by Gasteiger charge is 2.33. The fraction of sp³-hybridized carbons (Fsp3) is 0.182. The van der Waals surface area contributed by atoms with E-state index in [0.717, 1.165) is 17.2 Å². The summed E-state index contributed by atoms with van der Waals surface area (Å²) in [5, 5.41) is 6.68. The van der Waals surface area contributed by atoms with Crippen molar-refractivity contribution in [2.45, 2.75) is 19.1 Å². The molecule has 3 amide bonds. The van der Waals surface area contributed by atoms with Gasteiger partial charge in [0.05, 0.1) is 16.1 Å². The Balaban J connectivity index is 1.46. The Morgan fingerprint density at radius 2 is 1.77 bits per heavy atom. The summed E-state index contributed by atoms with van der Waals surface area (Å²) in [6.07, 6.45) is -3.88. The first-order valence-electron chi connectivity index (χ1n) is 9.50. The Morgan fingerprint density at radius 1 is 0.968 bits per heavy atom. The number of benzene rings is 2. The van der Waals surface area contributed by atoms with Gasteiger partial charge in [0.25, 0.3) is 5.91 Å². The number of alkyl halides is 3. The Bertz CT molecular complexity index is 1110. The third-order valence-electron chi connectivity index (χ3n) is 4.98. The minimum absolute atomic E-state index is 0.0412. The average Bonchev–Trinajstić information content (AvgIpc) is 3.27. The molecule has 0 spiro atoms. The molecule has 0 unspecified atom stereocenters. The van der Waals surface area contributed by atoms with Gasteiger partial charge in [-0.3, -0.25) is 4.79 Å². The van der Waals surface area contributed by atoms with Gasteiger partial charge in [-0.25, -0.2) is 4.79 Å². The number of urea groups is 1. The molecule has 1 aromatic heterocycles. The van der Waals surface area contributed by atoms with E-state index in [9.17, 15) is 22.8 Å². The third kappa shape index (κ3) is 4.72. The molecule has 0 bridgehead atoms. The van der Waals surface area contributed by atoms with Crippen molar-refractivity contribution in [1.29, 1.82) is 0 Å². The highest BCUT2D eigenvalue weighted by Crippen LogP contribution is 2.34. The lowest BCUT2D eigenvalue weighted by molar-refractivity contribution is -0.136. The van der Waals surface area contributed by atoms with Gasteiger partial charge in [-0.1, -0.05) is 24.3 Å². The van der Waals surface area contributed by atoms with Gasteiger partial charge in [0, 0.05) is 18.8 Å². The predicted octanol–water partition coefficient (Wildman–Crippen LogP) is 5.61. The van der Waals surface area contributed by atoms with Crippen LogP contribution < -0.4 is 10.6 Å². The van der Waals surface area contributed by atoms with Gasteiger partial charge < -0.3 is 15.5 Å². The number of anilines is 2. The molecule has 2 N–H and O–H groups in total. The minimum atomic E-state index is -4.58. The zero-order valence-corrected chi connectivity index (χ0v) is 17.0. The maximum atomic E-state index is 13.1. The molecule has 1 aliphatic heterocycles. The van der Waals surface area contributed by atoms with Crippen LogP contribution in [-0.4, -0.2) is 23.4 Å². The number of nitrogens with one attached hydrogen (secondary N) is 2. The van der Waals surface area contributed by atoms with Gasteiger partial charge in [0.2, 0.25) is 0 Å². The van der Waals surface area contributed by atoms with Crippen molar-refractivity contribution < 1.29 is 22.8 Å². The smallest absolute Gasteiger partial charge is 0.333 e. The van der Waals surface area contributed by atoms with E-state index < -0.39 is 17.8 Å². The van der Waals surface area contributed by atoms with Crippen molar-refractivity contribution in [2.24, 2.45) is 0 Å². The predicted molar refractivity (Wildman–Crippen MR) is 113 cm³/mol. The molecular weight excluding hydrogens is 427 g/mol. The minimum Gasteiger partial charge on any atom is -0.333 e. The molecule has 0 atom stereocenters. The summed E-state index contributed by atoms with van der Waals surface area (Å²) in [7, 11) is 0. The summed E-state index contributed by atoms with van der Waals surface area (Å²) in [6, 6.07) is 12.9. The number of carbonyl (C=O) groups excluding carboxylic acids is 2. The van der Waals surface area contributed by atoms with Crippen molar-refractivity contribution in [3.05, 3.63) is 81.5 Å².